The highest BCUT2D eigenvalue weighted by molar-refractivity contribution is 9.10. The molecular weight excluding hydrogens is 339 g/mol. The number of benzene rings is 2. The summed E-state index contributed by atoms with van der Waals surface area (Å²) in [6.45, 7) is 2.56. The molecule has 2 aromatic carbocycles. The minimum absolute atomic E-state index is 0.275. The minimum Gasteiger partial charge on any atom is -0.389 e. The third kappa shape index (κ3) is 2.99. The van der Waals surface area contributed by atoms with E-state index in [1.807, 2.05) is 30.0 Å². The first-order chi connectivity index (χ1) is 9.54. The fourth-order valence-corrected chi connectivity index (χ4v) is 2.60. The first-order valence-corrected chi connectivity index (χ1v) is 7.36. The van der Waals surface area contributed by atoms with Crippen molar-refractivity contribution in [3.8, 4) is 0 Å². The molecule has 0 amide bonds. The summed E-state index contributed by atoms with van der Waals surface area (Å²) in [5, 5.41) is 0. The van der Waals surface area contributed by atoms with Crippen LogP contribution in [0.1, 0.15) is 12.5 Å². The molecule has 2 aromatic rings. The quantitative estimate of drug-likeness (QED) is 0.827. The largest absolute Gasteiger partial charge is 0.389 e. The van der Waals surface area contributed by atoms with Crippen molar-refractivity contribution in [3.63, 3.8) is 0 Å². The van der Waals surface area contributed by atoms with Gasteiger partial charge in [-0.05, 0) is 37.3 Å². The summed E-state index contributed by atoms with van der Waals surface area (Å²) in [6, 6.07) is 12.3. The Morgan fingerprint density at radius 1 is 1.25 bits per heavy atom. The van der Waals surface area contributed by atoms with E-state index in [-0.39, 0.29) is 5.82 Å². The van der Waals surface area contributed by atoms with E-state index in [1.54, 1.807) is 18.2 Å². The Bertz CT molecular complexity index is 646. The molecule has 0 atom stereocenters. The molecule has 0 spiro atoms. The van der Waals surface area contributed by atoms with Crippen molar-refractivity contribution in [2.45, 2.75) is 6.92 Å². The standard InChI is InChI=1S/C15H14BrFN2S/c1-2-19(13-6-4-3-5-12(13)17)14-9-10(16)7-8-11(14)15(18)20/h3-9H,2H2,1H3,(H2,18,20). The van der Waals surface area contributed by atoms with Gasteiger partial charge >= 0.3 is 0 Å². The van der Waals surface area contributed by atoms with Gasteiger partial charge in [0, 0.05) is 16.6 Å². The van der Waals surface area contributed by atoms with Gasteiger partial charge in [0.2, 0.25) is 0 Å². The molecule has 2 rings (SSSR count). The average Bonchev–Trinajstić information content (AvgIpc) is 2.41. The summed E-state index contributed by atoms with van der Waals surface area (Å²) < 4.78 is 14.9. The predicted molar refractivity (Wildman–Crippen MR) is 89.1 cm³/mol. The average molecular weight is 353 g/mol. The van der Waals surface area contributed by atoms with Crippen LogP contribution in [0.5, 0.6) is 0 Å². The van der Waals surface area contributed by atoms with Gasteiger partial charge in [0.05, 0.1) is 11.4 Å². The van der Waals surface area contributed by atoms with Crippen molar-refractivity contribution < 1.29 is 4.39 Å². The predicted octanol–water partition coefficient (Wildman–Crippen LogP) is 4.38. The van der Waals surface area contributed by atoms with E-state index in [2.05, 4.69) is 15.9 Å². The molecule has 0 fully saturated rings. The summed E-state index contributed by atoms with van der Waals surface area (Å²) in [4.78, 5) is 2.15. The molecule has 0 bridgehead atoms. The van der Waals surface area contributed by atoms with Crippen molar-refractivity contribution in [2.75, 3.05) is 11.4 Å². The summed E-state index contributed by atoms with van der Waals surface area (Å²) >= 11 is 8.51. The summed E-state index contributed by atoms with van der Waals surface area (Å²) in [7, 11) is 0. The molecule has 0 aliphatic rings. The number of anilines is 2. The molecule has 0 radical (unpaired) electrons. The number of nitrogens with two attached hydrogens (primary N) is 1. The molecule has 0 saturated heterocycles. The van der Waals surface area contributed by atoms with E-state index in [0.29, 0.717) is 17.2 Å². The third-order valence-electron chi connectivity index (χ3n) is 2.98. The van der Waals surface area contributed by atoms with E-state index in [1.165, 1.54) is 6.07 Å². The number of hydrogen-bond donors (Lipinski definition) is 1. The van der Waals surface area contributed by atoms with Gasteiger partial charge in [-0.3, -0.25) is 0 Å². The molecule has 5 heteroatoms. The van der Waals surface area contributed by atoms with Crippen LogP contribution >= 0.6 is 28.1 Å². The van der Waals surface area contributed by atoms with E-state index in [4.69, 9.17) is 18.0 Å². The number of hydrogen-bond acceptors (Lipinski definition) is 2. The van der Waals surface area contributed by atoms with E-state index >= 15 is 0 Å². The van der Waals surface area contributed by atoms with E-state index < -0.39 is 0 Å². The number of thiocarbonyl (C=S) groups is 1. The Hall–Kier alpha value is -1.46. The van der Waals surface area contributed by atoms with Crippen molar-refractivity contribution in [1.29, 1.82) is 0 Å². The van der Waals surface area contributed by atoms with E-state index in [0.717, 1.165) is 15.7 Å². The van der Waals surface area contributed by atoms with Gasteiger partial charge in [-0.1, -0.05) is 40.3 Å². The van der Waals surface area contributed by atoms with Gasteiger partial charge in [-0.2, -0.15) is 0 Å². The maximum atomic E-state index is 14.0. The molecule has 0 aliphatic heterocycles. The number of para-hydroxylation sites is 1. The van der Waals surface area contributed by atoms with Gasteiger partial charge < -0.3 is 10.6 Å². The molecule has 2 nitrogen and oxygen atoms in total. The zero-order chi connectivity index (χ0) is 14.7. The second-order valence-electron chi connectivity index (χ2n) is 4.22. The lowest BCUT2D eigenvalue weighted by Gasteiger charge is -2.26. The normalized spacial score (nSPS) is 10.3. The topological polar surface area (TPSA) is 29.3 Å². The number of nitrogens with zero attached hydrogens (tertiary/aromatic N) is 1. The Morgan fingerprint density at radius 2 is 1.95 bits per heavy atom. The Labute approximate surface area is 131 Å². The second-order valence-corrected chi connectivity index (χ2v) is 5.58. The third-order valence-corrected chi connectivity index (χ3v) is 3.69. The van der Waals surface area contributed by atoms with Crippen molar-refractivity contribution in [2.24, 2.45) is 5.73 Å². The highest BCUT2D eigenvalue weighted by Crippen LogP contribution is 2.32. The highest BCUT2D eigenvalue weighted by Gasteiger charge is 2.16. The first-order valence-electron chi connectivity index (χ1n) is 6.16. The van der Waals surface area contributed by atoms with E-state index in [9.17, 15) is 4.39 Å². The van der Waals surface area contributed by atoms with Crippen LogP contribution in [0.25, 0.3) is 0 Å². The van der Waals surface area contributed by atoms with Crippen LogP contribution < -0.4 is 10.6 Å². The van der Waals surface area contributed by atoms with Crippen molar-refractivity contribution in [3.05, 3.63) is 58.3 Å². The summed E-state index contributed by atoms with van der Waals surface area (Å²) in [5.74, 6) is -0.275. The molecule has 0 unspecified atom stereocenters. The fourth-order valence-electron chi connectivity index (χ4n) is 2.08. The van der Waals surface area contributed by atoms with Crippen LogP contribution in [0.2, 0.25) is 0 Å². The summed E-state index contributed by atoms with van der Waals surface area (Å²) in [6.07, 6.45) is 0. The maximum Gasteiger partial charge on any atom is 0.146 e. The van der Waals surface area contributed by atoms with Gasteiger partial charge in [-0.15, -0.1) is 0 Å². The molecular formula is C15H14BrFN2S. The minimum atomic E-state index is -0.275. The lowest BCUT2D eigenvalue weighted by atomic mass is 10.1. The number of halogens is 2. The van der Waals surface area contributed by atoms with Gasteiger partial charge in [0.15, 0.2) is 0 Å². The molecule has 0 aromatic heterocycles. The maximum absolute atomic E-state index is 14.0. The smallest absolute Gasteiger partial charge is 0.146 e. The SMILES string of the molecule is CCN(c1ccccc1F)c1cc(Br)ccc1C(N)=S. The van der Waals surface area contributed by atoms with Crippen LogP contribution in [0.3, 0.4) is 0 Å². The van der Waals surface area contributed by atoms with Crippen LogP contribution in [0.15, 0.2) is 46.9 Å². The molecule has 0 aliphatic carbocycles. The van der Waals surface area contributed by atoms with Crippen molar-refractivity contribution >= 4 is 44.5 Å². The van der Waals surface area contributed by atoms with Crippen LogP contribution in [-0.2, 0) is 0 Å². The lowest BCUT2D eigenvalue weighted by molar-refractivity contribution is 0.625. The fraction of sp³-hybridized carbons (Fsp3) is 0.133. The zero-order valence-electron chi connectivity index (χ0n) is 10.9. The molecule has 2 N–H and O–H groups in total. The first kappa shape index (κ1) is 14.9. The molecule has 0 heterocycles. The zero-order valence-corrected chi connectivity index (χ0v) is 13.3. The molecule has 104 valence electrons. The monoisotopic (exact) mass is 352 g/mol. The highest BCUT2D eigenvalue weighted by atomic mass is 79.9. The second kappa shape index (κ2) is 6.33. The summed E-state index contributed by atoms with van der Waals surface area (Å²) in [5.41, 5.74) is 7.80. The van der Waals surface area contributed by atoms with Gasteiger partial charge in [-0.25, -0.2) is 4.39 Å². The van der Waals surface area contributed by atoms with Gasteiger partial charge in [0.25, 0.3) is 0 Å². The molecule has 0 saturated carbocycles. The Morgan fingerprint density at radius 3 is 2.55 bits per heavy atom. The molecule has 20 heavy (non-hydrogen) atoms. The van der Waals surface area contributed by atoms with Gasteiger partial charge in [0.1, 0.15) is 10.8 Å². The number of rotatable bonds is 4. The Balaban J connectivity index is 2.60. The lowest BCUT2D eigenvalue weighted by Crippen LogP contribution is -2.22. The van der Waals surface area contributed by atoms with Crippen molar-refractivity contribution in [1.82, 2.24) is 0 Å². The van der Waals surface area contributed by atoms with Crippen LogP contribution in [-0.4, -0.2) is 11.5 Å². The van der Waals surface area contributed by atoms with Crippen LogP contribution in [0, 0.1) is 5.82 Å². The van der Waals surface area contributed by atoms with Crippen LogP contribution in [0.4, 0.5) is 15.8 Å². The Kier molecular flexibility index (Phi) is 4.73.